The molecule has 1 aliphatic rings. The van der Waals surface area contributed by atoms with Crippen LogP contribution in [0.1, 0.15) is 54.5 Å². The van der Waals surface area contributed by atoms with Crippen molar-refractivity contribution in [3.05, 3.63) is 53.5 Å². The van der Waals surface area contributed by atoms with Crippen LogP contribution in [0.5, 0.6) is 0 Å². The lowest BCUT2D eigenvalue weighted by molar-refractivity contribution is -0.141. The summed E-state index contributed by atoms with van der Waals surface area (Å²) in [4.78, 5) is 16.1. The number of anilines is 1. The van der Waals surface area contributed by atoms with Gasteiger partial charge in [-0.25, -0.2) is 13.4 Å². The van der Waals surface area contributed by atoms with Crippen molar-refractivity contribution in [1.82, 2.24) is 14.8 Å². The van der Waals surface area contributed by atoms with Crippen molar-refractivity contribution < 1.29 is 31.5 Å². The van der Waals surface area contributed by atoms with E-state index in [0.29, 0.717) is 29.3 Å². The number of fused-ring (bicyclic) bond motifs is 1. The lowest BCUT2D eigenvalue weighted by Crippen LogP contribution is -2.25. The predicted molar refractivity (Wildman–Crippen MR) is 119 cm³/mol. The number of carbonyl (C=O) groups is 1. The van der Waals surface area contributed by atoms with Gasteiger partial charge in [0.15, 0.2) is 0 Å². The average molecular weight is 497 g/mol. The highest BCUT2D eigenvalue weighted by Crippen LogP contribution is 2.34. The van der Waals surface area contributed by atoms with E-state index in [2.05, 4.69) is 15.4 Å². The Morgan fingerprint density at radius 1 is 1.18 bits per heavy atom. The first-order valence-electron chi connectivity index (χ1n) is 10.5. The molecule has 1 amide bonds. The second kappa shape index (κ2) is 8.35. The lowest BCUT2D eigenvalue weighted by atomic mass is 9.95. The molecule has 182 valence electrons. The molecule has 1 fully saturated rings. The van der Waals surface area contributed by atoms with E-state index in [-0.39, 0.29) is 23.2 Å². The first-order valence-corrected chi connectivity index (χ1v) is 12.4. The maximum atomic E-state index is 13.0. The molecule has 3 heterocycles. The number of halogens is 3. The van der Waals surface area contributed by atoms with E-state index in [0.717, 1.165) is 12.1 Å². The summed E-state index contributed by atoms with van der Waals surface area (Å²) in [5.41, 5.74) is -1.96. The number of nitrogens with one attached hydrogen (secondary N) is 1. The largest absolute Gasteiger partial charge is 0.433 e. The molecule has 4 rings (SSSR count). The third-order valence-corrected chi connectivity index (χ3v) is 7.45. The molecular weight excluding hydrogens is 473 g/mol. The second-order valence-corrected chi connectivity index (χ2v) is 11.2. The maximum absolute atomic E-state index is 13.0. The van der Waals surface area contributed by atoms with Gasteiger partial charge in [-0.05, 0) is 51.0 Å². The molecule has 0 aliphatic carbocycles. The number of benzene rings is 1. The Kier molecular flexibility index (Phi) is 5.93. The van der Waals surface area contributed by atoms with Crippen molar-refractivity contribution >= 4 is 32.3 Å². The van der Waals surface area contributed by atoms with Crippen molar-refractivity contribution in [2.24, 2.45) is 0 Å². The zero-order valence-corrected chi connectivity index (χ0v) is 19.2. The maximum Gasteiger partial charge on any atom is 0.433 e. The Balaban J connectivity index is 1.68. The molecule has 0 spiro atoms. The molecule has 1 saturated heterocycles. The zero-order chi connectivity index (χ0) is 24.9. The summed E-state index contributed by atoms with van der Waals surface area (Å²) < 4.78 is 64.1. The summed E-state index contributed by atoms with van der Waals surface area (Å²) >= 11 is 0. The summed E-state index contributed by atoms with van der Waals surface area (Å²) in [6.45, 7) is 3.02. The summed E-state index contributed by atoms with van der Waals surface area (Å²) in [6.07, 6.45) is -2.11. The predicted octanol–water partition coefficient (Wildman–Crippen LogP) is 3.68. The second-order valence-electron chi connectivity index (χ2n) is 8.87. The summed E-state index contributed by atoms with van der Waals surface area (Å²) in [6, 6.07) is 6.11. The molecule has 3 aromatic rings. The molecule has 0 saturated carbocycles. The van der Waals surface area contributed by atoms with Gasteiger partial charge < -0.3 is 10.4 Å². The normalized spacial score (nSPS) is 17.1. The minimum Gasteiger partial charge on any atom is -0.386 e. The van der Waals surface area contributed by atoms with Crippen LogP contribution in [-0.4, -0.2) is 45.7 Å². The fourth-order valence-corrected chi connectivity index (χ4v) is 5.40. The Morgan fingerprint density at radius 3 is 2.47 bits per heavy atom. The third-order valence-electron chi connectivity index (χ3n) is 5.74. The first-order chi connectivity index (χ1) is 15.7. The third kappa shape index (κ3) is 5.07. The van der Waals surface area contributed by atoms with Crippen LogP contribution in [-0.2, 0) is 21.6 Å². The number of hydrogen-bond donors (Lipinski definition) is 2. The van der Waals surface area contributed by atoms with Crippen LogP contribution >= 0.6 is 0 Å². The summed E-state index contributed by atoms with van der Waals surface area (Å²) in [7, 11) is -3.04. The number of carbonyl (C=O) groups excluding carboxylic acids is 1. The Hall–Kier alpha value is -2.99. The van der Waals surface area contributed by atoms with Gasteiger partial charge in [-0.1, -0.05) is 6.07 Å². The molecule has 34 heavy (non-hydrogen) atoms. The van der Waals surface area contributed by atoms with Gasteiger partial charge >= 0.3 is 6.18 Å². The quantitative estimate of drug-likeness (QED) is 0.570. The number of nitrogens with zero attached hydrogens (tertiary/aromatic N) is 3. The van der Waals surface area contributed by atoms with Crippen LogP contribution in [0.2, 0.25) is 0 Å². The molecule has 1 aromatic carbocycles. The highest BCUT2D eigenvalue weighted by Gasteiger charge is 2.33. The lowest BCUT2D eigenvalue weighted by Gasteiger charge is -2.22. The minimum atomic E-state index is -4.69. The minimum absolute atomic E-state index is 0.0775. The van der Waals surface area contributed by atoms with Gasteiger partial charge in [0.25, 0.3) is 5.91 Å². The molecule has 0 radical (unpaired) electrons. The van der Waals surface area contributed by atoms with E-state index in [1.807, 2.05) is 0 Å². The fourth-order valence-electron chi connectivity index (χ4n) is 3.93. The molecular formula is C22H23F3N4O4S. The molecule has 0 unspecified atom stereocenters. The fraction of sp³-hybridized carbons (Fsp3) is 0.409. The van der Waals surface area contributed by atoms with Crippen molar-refractivity contribution in [3.63, 3.8) is 0 Å². The number of sulfone groups is 1. The number of alkyl halides is 3. The van der Waals surface area contributed by atoms with E-state index in [1.54, 1.807) is 23.0 Å². The highest BCUT2D eigenvalue weighted by atomic mass is 32.2. The van der Waals surface area contributed by atoms with Crippen LogP contribution in [0.3, 0.4) is 0 Å². The van der Waals surface area contributed by atoms with Gasteiger partial charge in [0, 0.05) is 22.8 Å². The number of aliphatic hydroxyl groups is 1. The Morgan fingerprint density at radius 2 is 1.85 bits per heavy atom. The van der Waals surface area contributed by atoms with Crippen LogP contribution in [0.25, 0.3) is 10.9 Å². The van der Waals surface area contributed by atoms with Gasteiger partial charge in [-0.15, -0.1) is 0 Å². The van der Waals surface area contributed by atoms with Gasteiger partial charge in [0.2, 0.25) is 0 Å². The summed E-state index contributed by atoms with van der Waals surface area (Å²) in [5, 5.41) is 18.4. The molecule has 2 aromatic heterocycles. The van der Waals surface area contributed by atoms with Gasteiger partial charge in [-0.3, -0.25) is 9.48 Å². The van der Waals surface area contributed by atoms with E-state index in [1.165, 1.54) is 19.9 Å². The number of aromatic nitrogens is 3. The van der Waals surface area contributed by atoms with Crippen molar-refractivity contribution in [3.8, 4) is 0 Å². The SMILES string of the molecule is CC(C)(O)c1cc2nn(C3CCS(=O)(=O)CC3)cc2cc1NC(=O)c1cccc(C(F)(F)F)n1. The number of rotatable bonds is 4. The van der Waals surface area contributed by atoms with Crippen LogP contribution in [0.4, 0.5) is 18.9 Å². The molecule has 2 N–H and O–H groups in total. The van der Waals surface area contributed by atoms with Gasteiger partial charge in [0.1, 0.15) is 21.2 Å². The molecule has 1 aliphatic heterocycles. The molecule has 8 nitrogen and oxygen atoms in total. The van der Waals surface area contributed by atoms with Crippen LogP contribution < -0.4 is 5.32 Å². The zero-order valence-electron chi connectivity index (χ0n) is 18.4. The summed E-state index contributed by atoms with van der Waals surface area (Å²) in [5.74, 6) is -0.705. The van der Waals surface area contributed by atoms with Crippen LogP contribution in [0, 0.1) is 0 Å². The number of pyridine rings is 1. The van der Waals surface area contributed by atoms with Crippen molar-refractivity contribution in [2.45, 2.75) is 44.5 Å². The van der Waals surface area contributed by atoms with E-state index >= 15 is 0 Å². The standard InChI is InChI=1S/C22H23F3N4O4S/c1-21(2,31)15-11-17-13(12-29(28-17)14-6-8-34(32,33)9-7-14)10-18(15)27-20(30)16-4-3-5-19(26-16)22(23,24)25/h3-5,10-12,14,31H,6-9H2,1-2H3,(H,27,30). The van der Waals surface area contributed by atoms with Crippen molar-refractivity contribution in [1.29, 1.82) is 0 Å². The Labute approximate surface area is 193 Å². The average Bonchev–Trinajstić information content (AvgIpc) is 3.15. The van der Waals surface area contributed by atoms with Gasteiger partial charge in [0.05, 0.1) is 28.7 Å². The number of amides is 1. The van der Waals surface area contributed by atoms with E-state index in [4.69, 9.17) is 0 Å². The van der Waals surface area contributed by atoms with Gasteiger partial charge in [-0.2, -0.15) is 18.3 Å². The van der Waals surface area contributed by atoms with Crippen LogP contribution in [0.15, 0.2) is 36.5 Å². The molecule has 0 atom stereocenters. The van der Waals surface area contributed by atoms with E-state index < -0.39 is 38.9 Å². The smallest absolute Gasteiger partial charge is 0.386 e. The molecule has 12 heteroatoms. The molecule has 0 bridgehead atoms. The number of hydrogen-bond acceptors (Lipinski definition) is 6. The topological polar surface area (TPSA) is 114 Å². The Bertz CT molecular complexity index is 1350. The first kappa shape index (κ1) is 24.1. The van der Waals surface area contributed by atoms with E-state index in [9.17, 15) is 31.5 Å². The highest BCUT2D eigenvalue weighted by molar-refractivity contribution is 7.91. The van der Waals surface area contributed by atoms with Crippen molar-refractivity contribution in [2.75, 3.05) is 16.8 Å². The monoisotopic (exact) mass is 496 g/mol.